The molecule has 0 aromatic rings. The van der Waals surface area contributed by atoms with Gasteiger partial charge in [-0.3, -0.25) is 4.79 Å². The summed E-state index contributed by atoms with van der Waals surface area (Å²) in [7, 11) is 3.54. The van der Waals surface area contributed by atoms with Crippen molar-refractivity contribution in [1.29, 1.82) is 0 Å². The minimum absolute atomic E-state index is 0.0322. The standard InChI is InChI=1S/C17H32N4O2/c1-13(2)10-18-17(19-11-16(22)20(3)4)21-8-7-15-14(12-21)6-5-9-23-15/h13-15H,5-12H2,1-4H3,(H,18,19). The van der Waals surface area contributed by atoms with E-state index in [1.165, 1.54) is 6.42 Å². The Balaban J connectivity index is 2.00. The van der Waals surface area contributed by atoms with Crippen LogP contribution in [0, 0.1) is 11.8 Å². The van der Waals surface area contributed by atoms with Crippen LogP contribution in [0.15, 0.2) is 4.99 Å². The average molecular weight is 324 g/mol. The van der Waals surface area contributed by atoms with E-state index in [2.05, 4.69) is 29.1 Å². The maximum absolute atomic E-state index is 11.8. The van der Waals surface area contributed by atoms with E-state index in [0.29, 0.717) is 17.9 Å². The number of guanidine groups is 1. The Morgan fingerprint density at radius 2 is 2.17 bits per heavy atom. The van der Waals surface area contributed by atoms with Crippen molar-refractivity contribution in [2.24, 2.45) is 16.8 Å². The monoisotopic (exact) mass is 324 g/mol. The molecule has 2 fully saturated rings. The minimum atomic E-state index is 0.0322. The van der Waals surface area contributed by atoms with Crippen molar-refractivity contribution in [3.8, 4) is 0 Å². The first-order chi connectivity index (χ1) is 11.0. The highest BCUT2D eigenvalue weighted by Gasteiger charge is 2.33. The predicted molar refractivity (Wildman–Crippen MR) is 92.5 cm³/mol. The molecular weight excluding hydrogens is 292 g/mol. The van der Waals surface area contributed by atoms with E-state index in [-0.39, 0.29) is 12.5 Å². The Labute approximate surface area is 140 Å². The Hall–Kier alpha value is -1.30. The van der Waals surface area contributed by atoms with Gasteiger partial charge in [0.25, 0.3) is 0 Å². The number of likely N-dealkylation sites (tertiary alicyclic amines) is 1. The van der Waals surface area contributed by atoms with Gasteiger partial charge in [0.2, 0.25) is 5.91 Å². The fourth-order valence-electron chi connectivity index (χ4n) is 3.13. The highest BCUT2D eigenvalue weighted by atomic mass is 16.5. The second-order valence-corrected chi connectivity index (χ2v) is 7.25. The SMILES string of the molecule is CC(C)CNC(=NCC(=O)N(C)C)N1CCC2OCCCC2C1. The van der Waals surface area contributed by atoms with Crippen LogP contribution in [0.2, 0.25) is 0 Å². The molecule has 0 aromatic carbocycles. The molecule has 0 bridgehead atoms. The third-order valence-electron chi connectivity index (χ3n) is 4.55. The maximum Gasteiger partial charge on any atom is 0.243 e. The predicted octanol–water partition coefficient (Wildman–Crippen LogP) is 1.18. The number of carbonyl (C=O) groups excluding carboxylic acids is 1. The van der Waals surface area contributed by atoms with E-state index >= 15 is 0 Å². The highest BCUT2D eigenvalue weighted by Crippen LogP contribution is 2.28. The molecule has 6 nitrogen and oxygen atoms in total. The summed E-state index contributed by atoms with van der Waals surface area (Å²) in [6, 6.07) is 0. The van der Waals surface area contributed by atoms with Gasteiger partial charge in [-0.15, -0.1) is 0 Å². The van der Waals surface area contributed by atoms with E-state index in [1.54, 1.807) is 19.0 Å². The van der Waals surface area contributed by atoms with Crippen molar-refractivity contribution in [3.63, 3.8) is 0 Å². The Bertz CT molecular complexity index is 423. The molecule has 2 rings (SSSR count). The van der Waals surface area contributed by atoms with Gasteiger partial charge in [-0.2, -0.15) is 0 Å². The molecule has 2 aliphatic heterocycles. The molecule has 2 unspecified atom stereocenters. The van der Waals surface area contributed by atoms with Gasteiger partial charge in [0.1, 0.15) is 6.54 Å². The Morgan fingerprint density at radius 3 is 2.87 bits per heavy atom. The first-order valence-electron chi connectivity index (χ1n) is 8.82. The van der Waals surface area contributed by atoms with Crippen LogP contribution < -0.4 is 5.32 Å². The molecule has 0 radical (unpaired) electrons. The largest absolute Gasteiger partial charge is 0.378 e. The summed E-state index contributed by atoms with van der Waals surface area (Å²) in [5, 5.41) is 3.44. The lowest BCUT2D eigenvalue weighted by molar-refractivity contribution is -0.127. The highest BCUT2D eigenvalue weighted by molar-refractivity contribution is 5.84. The Kier molecular flexibility index (Phi) is 6.69. The van der Waals surface area contributed by atoms with Crippen LogP contribution in [-0.4, -0.2) is 74.7 Å². The van der Waals surface area contributed by atoms with Crippen molar-refractivity contribution in [3.05, 3.63) is 0 Å². The summed E-state index contributed by atoms with van der Waals surface area (Å²) in [6.45, 7) is 8.26. The van der Waals surface area contributed by atoms with Gasteiger partial charge >= 0.3 is 0 Å². The van der Waals surface area contributed by atoms with Gasteiger partial charge in [-0.1, -0.05) is 13.8 Å². The molecular formula is C17H32N4O2. The zero-order valence-electron chi connectivity index (χ0n) is 15.0. The third kappa shape index (κ3) is 5.37. The molecule has 0 saturated carbocycles. The summed E-state index contributed by atoms with van der Waals surface area (Å²) in [5.41, 5.74) is 0. The molecule has 2 heterocycles. The van der Waals surface area contributed by atoms with Gasteiger partial charge < -0.3 is 19.9 Å². The lowest BCUT2D eigenvalue weighted by Gasteiger charge is -2.42. The zero-order valence-corrected chi connectivity index (χ0v) is 15.0. The molecule has 1 amide bonds. The number of piperidine rings is 1. The molecule has 2 atom stereocenters. The average Bonchev–Trinajstić information content (AvgIpc) is 2.53. The van der Waals surface area contributed by atoms with E-state index in [4.69, 9.17) is 4.74 Å². The third-order valence-corrected chi connectivity index (χ3v) is 4.55. The summed E-state index contributed by atoms with van der Waals surface area (Å²) < 4.78 is 5.89. The lowest BCUT2D eigenvalue weighted by Crippen LogP contribution is -2.52. The van der Waals surface area contributed by atoms with E-state index < -0.39 is 0 Å². The van der Waals surface area contributed by atoms with Crippen molar-refractivity contribution in [1.82, 2.24) is 15.1 Å². The van der Waals surface area contributed by atoms with Crippen LogP contribution in [0.4, 0.5) is 0 Å². The molecule has 0 spiro atoms. The van der Waals surface area contributed by atoms with E-state index in [1.807, 2.05) is 0 Å². The first kappa shape index (κ1) is 18.0. The number of fused-ring (bicyclic) bond motifs is 1. The number of aliphatic imine (C=N–C) groups is 1. The fourth-order valence-corrected chi connectivity index (χ4v) is 3.13. The van der Waals surface area contributed by atoms with Crippen molar-refractivity contribution in [2.75, 3.05) is 46.9 Å². The number of ether oxygens (including phenoxy) is 1. The van der Waals surface area contributed by atoms with Crippen molar-refractivity contribution >= 4 is 11.9 Å². The number of rotatable bonds is 4. The topological polar surface area (TPSA) is 57.2 Å². The molecule has 0 aromatic heterocycles. The molecule has 132 valence electrons. The van der Waals surface area contributed by atoms with Crippen LogP contribution in [0.1, 0.15) is 33.1 Å². The van der Waals surface area contributed by atoms with Gasteiger partial charge in [0.15, 0.2) is 5.96 Å². The van der Waals surface area contributed by atoms with Crippen molar-refractivity contribution < 1.29 is 9.53 Å². The molecule has 2 aliphatic rings. The molecule has 1 N–H and O–H groups in total. The number of hydrogen-bond donors (Lipinski definition) is 1. The van der Waals surface area contributed by atoms with Gasteiger partial charge in [-0.05, 0) is 25.2 Å². The maximum atomic E-state index is 11.8. The minimum Gasteiger partial charge on any atom is -0.378 e. The van der Waals surface area contributed by atoms with Crippen molar-refractivity contribution in [2.45, 2.75) is 39.2 Å². The van der Waals surface area contributed by atoms with E-state index in [9.17, 15) is 4.79 Å². The number of likely N-dealkylation sites (N-methyl/N-ethyl adjacent to an activating group) is 1. The molecule has 23 heavy (non-hydrogen) atoms. The number of hydrogen-bond acceptors (Lipinski definition) is 3. The Morgan fingerprint density at radius 1 is 1.39 bits per heavy atom. The smallest absolute Gasteiger partial charge is 0.243 e. The van der Waals surface area contributed by atoms with Crippen LogP contribution in [-0.2, 0) is 9.53 Å². The van der Waals surface area contributed by atoms with Crippen LogP contribution in [0.3, 0.4) is 0 Å². The normalized spacial score (nSPS) is 25.3. The number of nitrogens with one attached hydrogen (secondary N) is 1. The summed E-state index contributed by atoms with van der Waals surface area (Å²) in [4.78, 5) is 20.3. The second kappa shape index (κ2) is 8.52. The summed E-state index contributed by atoms with van der Waals surface area (Å²) in [6.07, 6.45) is 3.85. The number of nitrogens with zero attached hydrogens (tertiary/aromatic N) is 3. The van der Waals surface area contributed by atoms with Gasteiger partial charge in [0.05, 0.1) is 6.10 Å². The van der Waals surface area contributed by atoms with Crippen LogP contribution in [0.25, 0.3) is 0 Å². The molecule has 0 aliphatic carbocycles. The quantitative estimate of drug-likeness (QED) is 0.623. The molecule has 6 heteroatoms. The van der Waals surface area contributed by atoms with Gasteiger partial charge in [0, 0.05) is 46.3 Å². The molecule has 2 saturated heterocycles. The van der Waals surface area contributed by atoms with Crippen LogP contribution in [0.5, 0.6) is 0 Å². The lowest BCUT2D eigenvalue weighted by atomic mass is 9.88. The fraction of sp³-hybridized carbons (Fsp3) is 0.882. The first-order valence-corrected chi connectivity index (χ1v) is 8.82. The van der Waals surface area contributed by atoms with E-state index in [0.717, 1.165) is 45.0 Å². The summed E-state index contributed by atoms with van der Waals surface area (Å²) >= 11 is 0. The second-order valence-electron chi connectivity index (χ2n) is 7.25. The summed E-state index contributed by atoms with van der Waals surface area (Å²) in [5.74, 6) is 2.04. The van der Waals surface area contributed by atoms with Gasteiger partial charge in [-0.25, -0.2) is 4.99 Å². The zero-order chi connectivity index (χ0) is 16.8. The van der Waals surface area contributed by atoms with Crippen LogP contribution >= 0.6 is 0 Å². The number of amides is 1. The number of carbonyl (C=O) groups is 1.